The zero-order valence-corrected chi connectivity index (χ0v) is 11.5. The number of nitro groups is 1. The first-order valence-electron chi connectivity index (χ1n) is 5.68. The van der Waals surface area contributed by atoms with Gasteiger partial charge in [-0.1, -0.05) is 11.6 Å². The van der Waals surface area contributed by atoms with E-state index in [9.17, 15) is 14.9 Å². The van der Waals surface area contributed by atoms with Crippen molar-refractivity contribution in [2.24, 2.45) is 0 Å². The van der Waals surface area contributed by atoms with E-state index in [0.717, 1.165) is 6.07 Å². The van der Waals surface area contributed by atoms with E-state index >= 15 is 0 Å². The Morgan fingerprint density at radius 1 is 1.24 bits per heavy atom. The molecule has 7 nitrogen and oxygen atoms in total. The summed E-state index contributed by atoms with van der Waals surface area (Å²) < 4.78 is 9.86. The van der Waals surface area contributed by atoms with Crippen molar-refractivity contribution in [3.63, 3.8) is 0 Å². The van der Waals surface area contributed by atoms with Gasteiger partial charge in [0.1, 0.15) is 5.75 Å². The minimum atomic E-state index is -0.717. The molecule has 0 N–H and O–H groups in total. The summed E-state index contributed by atoms with van der Waals surface area (Å²) in [5.41, 5.74) is -0.454. The fourth-order valence-corrected chi connectivity index (χ4v) is 1.61. The minimum Gasteiger partial charge on any atom is -0.464 e. The molecule has 0 unspecified atom stereocenters. The maximum absolute atomic E-state index is 11.4. The first kappa shape index (κ1) is 14.7. The van der Waals surface area contributed by atoms with Gasteiger partial charge in [-0.05, 0) is 30.3 Å². The standard InChI is InChI=1S/C13H9ClN2O5/c1-20-13(17)10-6-7-11(16(18)19)12(15-10)21-9-4-2-8(14)3-5-9/h2-7H,1H3. The third-order valence-corrected chi connectivity index (χ3v) is 2.71. The molecule has 1 aromatic heterocycles. The van der Waals surface area contributed by atoms with E-state index in [0.29, 0.717) is 10.8 Å². The highest BCUT2D eigenvalue weighted by molar-refractivity contribution is 6.30. The molecule has 0 aliphatic heterocycles. The van der Waals surface area contributed by atoms with Gasteiger partial charge in [0.05, 0.1) is 12.0 Å². The number of rotatable bonds is 4. The van der Waals surface area contributed by atoms with Crippen LogP contribution in [-0.4, -0.2) is 23.0 Å². The van der Waals surface area contributed by atoms with E-state index < -0.39 is 10.9 Å². The first-order valence-corrected chi connectivity index (χ1v) is 6.06. The molecule has 0 saturated carbocycles. The molecule has 0 bridgehead atoms. The maximum atomic E-state index is 11.4. The molecule has 1 heterocycles. The van der Waals surface area contributed by atoms with E-state index in [1.54, 1.807) is 12.1 Å². The molecule has 2 rings (SSSR count). The Morgan fingerprint density at radius 2 is 1.90 bits per heavy atom. The van der Waals surface area contributed by atoms with Crippen LogP contribution in [0.4, 0.5) is 5.69 Å². The van der Waals surface area contributed by atoms with Crippen molar-refractivity contribution in [2.45, 2.75) is 0 Å². The quantitative estimate of drug-likeness (QED) is 0.489. The number of carbonyl (C=O) groups is 1. The van der Waals surface area contributed by atoms with E-state index in [2.05, 4.69) is 9.72 Å². The zero-order chi connectivity index (χ0) is 15.4. The molecule has 108 valence electrons. The number of ether oxygens (including phenoxy) is 2. The van der Waals surface area contributed by atoms with Crippen molar-refractivity contribution in [1.82, 2.24) is 4.98 Å². The fraction of sp³-hybridized carbons (Fsp3) is 0.0769. The van der Waals surface area contributed by atoms with Crippen LogP contribution in [-0.2, 0) is 4.74 Å². The molecule has 8 heteroatoms. The van der Waals surface area contributed by atoms with Crippen LogP contribution in [0.2, 0.25) is 5.02 Å². The van der Waals surface area contributed by atoms with Gasteiger partial charge in [0.15, 0.2) is 5.69 Å². The third-order valence-electron chi connectivity index (χ3n) is 2.46. The van der Waals surface area contributed by atoms with Gasteiger partial charge in [-0.2, -0.15) is 4.98 Å². The number of pyridine rings is 1. The predicted octanol–water partition coefficient (Wildman–Crippen LogP) is 3.22. The highest BCUT2D eigenvalue weighted by Gasteiger charge is 2.21. The maximum Gasteiger partial charge on any atom is 0.356 e. The number of nitrogens with zero attached hydrogens (tertiary/aromatic N) is 2. The highest BCUT2D eigenvalue weighted by Crippen LogP contribution is 2.30. The summed E-state index contributed by atoms with van der Waals surface area (Å²) in [6.07, 6.45) is 0. The summed E-state index contributed by atoms with van der Waals surface area (Å²) in [6.45, 7) is 0. The monoisotopic (exact) mass is 308 g/mol. The van der Waals surface area contributed by atoms with Crippen molar-refractivity contribution < 1.29 is 19.2 Å². The molecule has 0 saturated heterocycles. The molecule has 0 aliphatic carbocycles. The summed E-state index contributed by atoms with van der Waals surface area (Å²) >= 11 is 5.74. The van der Waals surface area contributed by atoms with Crippen LogP contribution in [0.25, 0.3) is 0 Å². The van der Waals surface area contributed by atoms with E-state index in [1.807, 2.05) is 0 Å². The smallest absolute Gasteiger partial charge is 0.356 e. The molecule has 0 aliphatic rings. The Bertz CT molecular complexity index is 687. The normalized spacial score (nSPS) is 10.0. The summed E-state index contributed by atoms with van der Waals surface area (Å²) in [5.74, 6) is -0.715. The van der Waals surface area contributed by atoms with Gasteiger partial charge in [-0.3, -0.25) is 10.1 Å². The van der Waals surface area contributed by atoms with Crippen LogP contribution >= 0.6 is 11.6 Å². The number of carbonyl (C=O) groups excluding carboxylic acids is 1. The second-order valence-corrected chi connectivity index (χ2v) is 4.26. The number of methoxy groups -OCH3 is 1. The number of hydrogen-bond donors (Lipinski definition) is 0. The van der Waals surface area contributed by atoms with Gasteiger partial charge in [0.2, 0.25) is 0 Å². The van der Waals surface area contributed by atoms with Crippen molar-refractivity contribution in [3.05, 3.63) is 57.2 Å². The molecule has 1 aromatic carbocycles. The number of hydrogen-bond acceptors (Lipinski definition) is 6. The van der Waals surface area contributed by atoms with Gasteiger partial charge < -0.3 is 9.47 Å². The molecule has 2 aromatic rings. The van der Waals surface area contributed by atoms with Crippen LogP contribution < -0.4 is 4.74 Å². The summed E-state index contributed by atoms with van der Waals surface area (Å²) in [5, 5.41) is 11.5. The predicted molar refractivity (Wildman–Crippen MR) is 73.8 cm³/mol. The lowest BCUT2D eigenvalue weighted by atomic mass is 10.3. The Balaban J connectivity index is 2.40. The Hall–Kier alpha value is -2.67. The Labute approximate surface area is 124 Å². The average molecular weight is 309 g/mol. The first-order chi connectivity index (χ1) is 10.0. The summed E-state index contributed by atoms with van der Waals surface area (Å²) in [4.78, 5) is 25.5. The number of esters is 1. The number of halogens is 1. The topological polar surface area (TPSA) is 91.6 Å². The van der Waals surface area contributed by atoms with Gasteiger partial charge in [-0.15, -0.1) is 0 Å². The molecular weight excluding hydrogens is 300 g/mol. The molecule has 0 spiro atoms. The number of aromatic nitrogens is 1. The van der Waals surface area contributed by atoms with E-state index in [1.165, 1.54) is 25.3 Å². The second-order valence-electron chi connectivity index (χ2n) is 3.83. The summed E-state index contributed by atoms with van der Waals surface area (Å²) in [6, 6.07) is 8.50. The fourth-order valence-electron chi connectivity index (χ4n) is 1.48. The Kier molecular flexibility index (Phi) is 4.34. The second kappa shape index (κ2) is 6.19. The molecule has 0 fully saturated rings. The zero-order valence-electron chi connectivity index (χ0n) is 10.8. The lowest BCUT2D eigenvalue weighted by Gasteiger charge is -2.06. The van der Waals surface area contributed by atoms with Crippen LogP contribution in [0.3, 0.4) is 0 Å². The lowest BCUT2D eigenvalue weighted by Crippen LogP contribution is -2.06. The van der Waals surface area contributed by atoms with Crippen LogP contribution in [0.5, 0.6) is 11.6 Å². The lowest BCUT2D eigenvalue weighted by molar-refractivity contribution is -0.386. The van der Waals surface area contributed by atoms with Gasteiger partial charge in [0, 0.05) is 11.1 Å². The van der Waals surface area contributed by atoms with E-state index in [-0.39, 0.29) is 17.3 Å². The number of benzene rings is 1. The van der Waals surface area contributed by atoms with Crippen molar-refractivity contribution >= 4 is 23.3 Å². The van der Waals surface area contributed by atoms with E-state index in [4.69, 9.17) is 16.3 Å². The van der Waals surface area contributed by atoms with Crippen molar-refractivity contribution in [3.8, 4) is 11.6 Å². The minimum absolute atomic E-state index is 0.0907. The van der Waals surface area contributed by atoms with Gasteiger partial charge in [-0.25, -0.2) is 4.79 Å². The third kappa shape index (κ3) is 3.46. The van der Waals surface area contributed by atoms with Crippen molar-refractivity contribution in [1.29, 1.82) is 0 Å². The van der Waals surface area contributed by atoms with Crippen LogP contribution in [0.1, 0.15) is 10.5 Å². The SMILES string of the molecule is COC(=O)c1ccc([N+](=O)[O-])c(Oc2ccc(Cl)cc2)n1. The van der Waals surface area contributed by atoms with Gasteiger partial charge >= 0.3 is 11.7 Å². The molecule has 0 amide bonds. The molecule has 0 atom stereocenters. The van der Waals surface area contributed by atoms with Crippen LogP contribution in [0.15, 0.2) is 36.4 Å². The largest absolute Gasteiger partial charge is 0.464 e. The molecule has 0 radical (unpaired) electrons. The van der Waals surface area contributed by atoms with Crippen LogP contribution in [0, 0.1) is 10.1 Å². The Morgan fingerprint density at radius 3 is 2.48 bits per heavy atom. The average Bonchev–Trinajstić information content (AvgIpc) is 2.48. The van der Waals surface area contributed by atoms with Crippen molar-refractivity contribution in [2.75, 3.05) is 7.11 Å². The molecule has 21 heavy (non-hydrogen) atoms. The van der Waals surface area contributed by atoms with Gasteiger partial charge in [0.25, 0.3) is 5.88 Å². The summed E-state index contributed by atoms with van der Waals surface area (Å²) in [7, 11) is 1.19. The highest BCUT2D eigenvalue weighted by atomic mass is 35.5. The molecular formula is C13H9ClN2O5.